The van der Waals surface area contributed by atoms with Crippen LogP contribution in [0.3, 0.4) is 0 Å². The van der Waals surface area contributed by atoms with E-state index < -0.39 is 6.04 Å². The molecule has 4 heterocycles. The second-order valence-corrected chi connectivity index (χ2v) is 11.1. The van der Waals surface area contributed by atoms with Gasteiger partial charge >= 0.3 is 0 Å². The van der Waals surface area contributed by atoms with E-state index in [1.54, 1.807) is 40.3 Å². The van der Waals surface area contributed by atoms with Crippen LogP contribution in [-0.4, -0.2) is 64.5 Å². The molecular weight excluding hydrogens is 508 g/mol. The summed E-state index contributed by atoms with van der Waals surface area (Å²) in [7, 11) is 0. The van der Waals surface area contributed by atoms with Crippen LogP contribution in [0.15, 0.2) is 42.9 Å². The summed E-state index contributed by atoms with van der Waals surface area (Å²) in [6.07, 6.45) is 6.55. The zero-order valence-electron chi connectivity index (χ0n) is 22.9. The van der Waals surface area contributed by atoms with Crippen LogP contribution >= 0.6 is 0 Å². The van der Waals surface area contributed by atoms with E-state index in [1.165, 1.54) is 6.92 Å². The Bertz CT molecular complexity index is 1650. The fourth-order valence-corrected chi connectivity index (χ4v) is 5.90. The van der Waals surface area contributed by atoms with E-state index in [1.807, 2.05) is 26.0 Å². The maximum Gasteiger partial charge on any atom is 0.245 e. The first-order valence-electron chi connectivity index (χ1n) is 13.3. The van der Waals surface area contributed by atoms with Gasteiger partial charge in [-0.2, -0.15) is 15.3 Å². The number of hydrogen-bond donors (Lipinski definition) is 1. The zero-order chi connectivity index (χ0) is 28.2. The molecular formula is C29H30N8O3. The van der Waals surface area contributed by atoms with Crippen LogP contribution < -0.4 is 5.32 Å². The molecule has 1 N–H and O–H groups in total. The number of amides is 2. The number of hydrogen-bond acceptors (Lipinski definition) is 8. The Morgan fingerprint density at radius 3 is 2.58 bits per heavy atom. The minimum Gasteiger partial charge on any atom is -0.349 e. The molecule has 11 nitrogen and oxygen atoms in total. The summed E-state index contributed by atoms with van der Waals surface area (Å²) in [5, 5.41) is 16.0. The molecule has 3 atom stereocenters. The molecule has 1 saturated carbocycles. The lowest BCUT2D eigenvalue weighted by Crippen LogP contribution is -2.48. The summed E-state index contributed by atoms with van der Waals surface area (Å²) in [4.78, 5) is 49.9. The Labute approximate surface area is 231 Å². The lowest BCUT2D eigenvalue weighted by molar-refractivity contribution is -0.140. The number of Topliss-reactive ketones (excluding diaryl/α,β-unsaturated/α-hetero) is 1. The minimum atomic E-state index is -0.573. The van der Waals surface area contributed by atoms with Crippen LogP contribution in [0.2, 0.25) is 0 Å². The van der Waals surface area contributed by atoms with Gasteiger partial charge in [0.25, 0.3) is 0 Å². The van der Waals surface area contributed by atoms with Crippen molar-refractivity contribution in [2.75, 3.05) is 0 Å². The molecule has 1 aromatic carbocycles. The molecule has 204 valence electrons. The molecule has 1 saturated heterocycles. The number of carbonyl (C=O) groups excluding carboxylic acids is 3. The second kappa shape index (κ2) is 9.58. The molecule has 11 heteroatoms. The van der Waals surface area contributed by atoms with Gasteiger partial charge in [0.05, 0.1) is 17.8 Å². The van der Waals surface area contributed by atoms with E-state index in [4.69, 9.17) is 0 Å². The highest BCUT2D eigenvalue weighted by atomic mass is 16.2. The average molecular weight is 539 g/mol. The number of benzene rings is 1. The summed E-state index contributed by atoms with van der Waals surface area (Å²) in [5.41, 5.74) is 4.17. The van der Waals surface area contributed by atoms with Crippen LogP contribution in [0.1, 0.15) is 54.3 Å². The van der Waals surface area contributed by atoms with Crippen LogP contribution in [-0.2, 0) is 22.7 Å². The highest BCUT2D eigenvalue weighted by molar-refractivity contribution is 6.07. The van der Waals surface area contributed by atoms with Crippen molar-refractivity contribution in [3.8, 4) is 11.1 Å². The summed E-state index contributed by atoms with van der Waals surface area (Å²) in [6, 6.07) is 6.88. The van der Waals surface area contributed by atoms with Crippen molar-refractivity contribution in [3.05, 3.63) is 65.6 Å². The molecule has 2 amide bonds. The quantitative estimate of drug-likeness (QED) is 0.355. The third-order valence-corrected chi connectivity index (χ3v) is 8.06. The molecule has 2 aliphatic rings. The number of rotatable bonds is 7. The van der Waals surface area contributed by atoms with Gasteiger partial charge in [0.2, 0.25) is 11.8 Å². The van der Waals surface area contributed by atoms with Gasteiger partial charge in [0.15, 0.2) is 5.78 Å². The van der Waals surface area contributed by atoms with Gasteiger partial charge in [-0.3, -0.25) is 19.1 Å². The van der Waals surface area contributed by atoms with Gasteiger partial charge in [0, 0.05) is 42.5 Å². The maximum atomic E-state index is 13.8. The van der Waals surface area contributed by atoms with Gasteiger partial charge < -0.3 is 10.2 Å². The fraction of sp³-hybridized carbons (Fsp3) is 0.379. The average Bonchev–Trinajstić information content (AvgIpc) is 3.29. The van der Waals surface area contributed by atoms with Crippen molar-refractivity contribution in [2.45, 2.75) is 65.7 Å². The number of aromatic nitrogens is 6. The summed E-state index contributed by atoms with van der Waals surface area (Å²) < 4.78 is 1.60. The predicted molar refractivity (Wildman–Crippen MR) is 146 cm³/mol. The molecule has 3 aromatic heterocycles. The number of piperidine rings is 1. The first kappa shape index (κ1) is 25.7. The third-order valence-electron chi connectivity index (χ3n) is 8.06. The molecule has 6 rings (SSSR count). The van der Waals surface area contributed by atoms with Crippen LogP contribution in [0.25, 0.3) is 22.0 Å². The van der Waals surface area contributed by atoms with Crippen molar-refractivity contribution >= 4 is 28.5 Å². The number of likely N-dealkylation sites (tertiary alicyclic amines) is 1. The van der Waals surface area contributed by atoms with Crippen LogP contribution in [0, 0.1) is 19.3 Å². The van der Waals surface area contributed by atoms with Crippen molar-refractivity contribution in [2.24, 2.45) is 5.41 Å². The van der Waals surface area contributed by atoms with E-state index in [-0.39, 0.29) is 42.1 Å². The number of fused-ring (bicyclic) bond motifs is 2. The van der Waals surface area contributed by atoms with Crippen molar-refractivity contribution in [1.82, 2.24) is 40.2 Å². The van der Waals surface area contributed by atoms with Crippen molar-refractivity contribution in [1.29, 1.82) is 0 Å². The number of nitrogens with zero attached hydrogens (tertiary/aromatic N) is 7. The Morgan fingerprint density at radius 2 is 1.88 bits per heavy atom. The molecule has 0 unspecified atom stereocenters. The Kier molecular flexibility index (Phi) is 6.16. The molecule has 1 aliphatic heterocycles. The Hall–Kier alpha value is -4.54. The minimum absolute atomic E-state index is 0.00982. The van der Waals surface area contributed by atoms with Gasteiger partial charge in [-0.25, -0.2) is 9.97 Å². The van der Waals surface area contributed by atoms with Gasteiger partial charge in [-0.1, -0.05) is 6.92 Å². The van der Waals surface area contributed by atoms with E-state index >= 15 is 0 Å². The maximum absolute atomic E-state index is 13.8. The van der Waals surface area contributed by atoms with Crippen LogP contribution in [0.5, 0.6) is 0 Å². The first-order valence-corrected chi connectivity index (χ1v) is 13.3. The van der Waals surface area contributed by atoms with E-state index in [9.17, 15) is 14.4 Å². The number of nitrogens with one attached hydrogen (secondary N) is 1. The highest BCUT2D eigenvalue weighted by Crippen LogP contribution is 2.59. The molecule has 2 fully saturated rings. The normalized spacial score (nSPS) is 21.4. The standard InChI is InChI=1S/C29H30N8O3/c1-16-8-19(20-12-30-18(3)31-13-20)9-22-26(17(2)38)35-36(27(16)22)15-25(39)37-23(10-29(4)11-24(29)37)28(40)32-14-21-6-5-7-33-34-21/h5-9,12-13,23-24H,10-11,14-15H2,1-4H3,(H,32,40)/t23-,24+,29-/m0/s1. The topological polar surface area (TPSA) is 136 Å². The third kappa shape index (κ3) is 4.51. The van der Waals surface area contributed by atoms with Crippen molar-refractivity contribution < 1.29 is 14.4 Å². The highest BCUT2D eigenvalue weighted by Gasteiger charge is 2.64. The lowest BCUT2D eigenvalue weighted by atomic mass is 10.0. The SMILES string of the molecule is CC(=O)c1nn(CC(=O)N2[C@H](C(=O)NCc3cccnn3)C[C@@]3(C)C[C@@H]23)c2c(C)cc(-c3cnc(C)nc3)cc12. The van der Waals surface area contributed by atoms with Crippen molar-refractivity contribution in [3.63, 3.8) is 0 Å². The van der Waals surface area contributed by atoms with Gasteiger partial charge in [-0.15, -0.1) is 0 Å². The molecule has 0 spiro atoms. The van der Waals surface area contributed by atoms with Crippen LogP contribution in [0.4, 0.5) is 0 Å². The summed E-state index contributed by atoms with van der Waals surface area (Å²) in [6.45, 7) is 7.52. The molecule has 0 bridgehead atoms. The van der Waals surface area contributed by atoms with Gasteiger partial charge in [-0.05, 0) is 67.5 Å². The Morgan fingerprint density at radius 1 is 1.10 bits per heavy atom. The monoisotopic (exact) mass is 538 g/mol. The fourth-order valence-electron chi connectivity index (χ4n) is 5.90. The zero-order valence-corrected chi connectivity index (χ0v) is 22.9. The Balaban J connectivity index is 1.29. The summed E-state index contributed by atoms with van der Waals surface area (Å²) in [5.74, 6) is 0.0842. The molecule has 1 aliphatic carbocycles. The number of aryl methyl sites for hydroxylation is 2. The largest absolute Gasteiger partial charge is 0.349 e. The molecule has 0 radical (unpaired) electrons. The van der Waals surface area contributed by atoms with Gasteiger partial charge in [0.1, 0.15) is 24.1 Å². The molecule has 4 aromatic rings. The summed E-state index contributed by atoms with van der Waals surface area (Å²) >= 11 is 0. The molecule has 40 heavy (non-hydrogen) atoms. The van der Waals surface area contributed by atoms with E-state index in [0.717, 1.165) is 28.6 Å². The smallest absolute Gasteiger partial charge is 0.245 e. The lowest BCUT2D eigenvalue weighted by Gasteiger charge is -2.27. The number of carbonyl (C=O) groups is 3. The predicted octanol–water partition coefficient (Wildman–Crippen LogP) is 2.80. The first-order chi connectivity index (χ1) is 19.1. The van der Waals surface area contributed by atoms with E-state index in [0.29, 0.717) is 29.0 Å². The second-order valence-electron chi connectivity index (χ2n) is 11.1. The number of ketones is 1. The van der Waals surface area contributed by atoms with E-state index in [2.05, 4.69) is 37.5 Å².